The molecule has 0 aliphatic carbocycles. The molecule has 0 aliphatic rings. The Bertz CT molecular complexity index is 1820. The van der Waals surface area contributed by atoms with Crippen LogP contribution in [0.5, 0.6) is 5.75 Å². The number of hydrogen-bond acceptors (Lipinski definition) is 5. The molecule has 0 N–H and O–H groups in total. The highest BCUT2D eigenvalue weighted by Crippen LogP contribution is 2.33. The topological polar surface area (TPSA) is 81.5 Å². The fraction of sp³-hybridized carbons (Fsp3) is 0.333. The monoisotopic (exact) mass is 677 g/mol. The van der Waals surface area contributed by atoms with Gasteiger partial charge in [-0.1, -0.05) is 13.0 Å². The Balaban J connectivity index is 1.77. The average Bonchev–Trinajstić information content (AvgIpc) is 3.35. The van der Waals surface area contributed by atoms with Gasteiger partial charge in [0.1, 0.15) is 23.2 Å². The van der Waals surface area contributed by atoms with Crippen molar-refractivity contribution in [3.8, 4) is 11.4 Å². The van der Waals surface area contributed by atoms with Crippen molar-refractivity contribution < 1.29 is 53.1 Å². The number of imidazole rings is 1. The van der Waals surface area contributed by atoms with E-state index in [1.807, 2.05) is 0 Å². The molecular formula is C30H27F8N3O4S. The lowest BCUT2D eigenvalue weighted by Crippen LogP contribution is -2.39. The second-order valence-corrected chi connectivity index (χ2v) is 12.8. The van der Waals surface area contributed by atoms with Gasteiger partial charge in [-0.25, -0.2) is 22.2 Å². The number of fused-ring (bicyclic) bond motifs is 1. The molecule has 4 rings (SSSR count). The SMILES string of the molecule is CCS(=O)(=O)CCN(C(=O)Cc1ccc(F)c(C(F)(F)F)c1)[C@H](C)c1nc2cc(F)ccc2n1-c1ccc(OCC(F)(F)F)cc1. The molecule has 7 nitrogen and oxygen atoms in total. The van der Waals surface area contributed by atoms with E-state index in [0.717, 1.165) is 23.1 Å². The third-order valence-corrected chi connectivity index (χ3v) is 8.76. The van der Waals surface area contributed by atoms with E-state index in [1.165, 1.54) is 48.7 Å². The van der Waals surface area contributed by atoms with Gasteiger partial charge in [-0.3, -0.25) is 9.36 Å². The summed E-state index contributed by atoms with van der Waals surface area (Å²) in [6, 6.07) is 9.96. The molecule has 1 atom stereocenters. The summed E-state index contributed by atoms with van der Waals surface area (Å²) < 4.78 is 137. The Labute approximate surface area is 258 Å². The number of halogens is 8. The predicted molar refractivity (Wildman–Crippen MR) is 152 cm³/mol. The molecule has 16 heteroatoms. The minimum atomic E-state index is -5.03. The Morgan fingerprint density at radius 3 is 2.26 bits per heavy atom. The number of hydrogen-bond donors (Lipinski definition) is 0. The minimum Gasteiger partial charge on any atom is -0.484 e. The van der Waals surface area contributed by atoms with Gasteiger partial charge in [0.25, 0.3) is 0 Å². The van der Waals surface area contributed by atoms with Gasteiger partial charge in [0.15, 0.2) is 16.4 Å². The molecule has 0 aliphatic heterocycles. The molecule has 46 heavy (non-hydrogen) atoms. The fourth-order valence-corrected chi connectivity index (χ4v) is 5.48. The number of carbonyl (C=O) groups excluding carboxylic acids is 1. The van der Waals surface area contributed by atoms with Crippen LogP contribution in [0.3, 0.4) is 0 Å². The molecule has 0 unspecified atom stereocenters. The lowest BCUT2D eigenvalue weighted by molar-refractivity contribution is -0.153. The molecule has 1 heterocycles. The van der Waals surface area contributed by atoms with Crippen molar-refractivity contribution in [3.05, 3.63) is 89.2 Å². The van der Waals surface area contributed by atoms with Gasteiger partial charge in [0.05, 0.1) is 34.8 Å². The summed E-state index contributed by atoms with van der Waals surface area (Å²) in [5, 5.41) is 0. The largest absolute Gasteiger partial charge is 0.484 e. The second-order valence-electron chi connectivity index (χ2n) is 10.3. The van der Waals surface area contributed by atoms with Gasteiger partial charge in [0.2, 0.25) is 5.91 Å². The number of ether oxygens (including phenoxy) is 1. The first-order chi connectivity index (χ1) is 21.4. The number of benzene rings is 3. The maximum absolute atomic E-state index is 14.2. The first kappa shape index (κ1) is 34.7. The Morgan fingerprint density at radius 2 is 1.65 bits per heavy atom. The van der Waals surface area contributed by atoms with Crippen LogP contribution in [0.15, 0.2) is 60.7 Å². The van der Waals surface area contributed by atoms with Gasteiger partial charge >= 0.3 is 12.4 Å². The number of aromatic nitrogens is 2. The molecule has 3 aromatic carbocycles. The molecule has 0 fully saturated rings. The first-order valence-corrected chi connectivity index (χ1v) is 15.5. The lowest BCUT2D eigenvalue weighted by atomic mass is 10.1. The van der Waals surface area contributed by atoms with Crippen LogP contribution in [0.2, 0.25) is 0 Å². The third-order valence-electron chi connectivity index (χ3n) is 7.08. The molecule has 0 radical (unpaired) electrons. The minimum absolute atomic E-state index is 0.0851. The standard InChI is InChI=1S/C30H27F8N3O4S/c1-3-46(43,44)13-12-40(27(42)15-19-4-10-24(32)23(14-19)30(36,37)38)18(2)28-39-25-16-20(31)5-11-26(25)41(28)21-6-8-22(9-7-21)45-17-29(33,34)35/h4-11,14,16,18H,3,12-13,15,17H2,1-2H3/t18-/m1/s1. The van der Waals surface area contributed by atoms with Gasteiger partial charge in [0, 0.05) is 24.1 Å². The van der Waals surface area contributed by atoms with E-state index in [1.54, 1.807) is 0 Å². The van der Waals surface area contributed by atoms with E-state index in [0.29, 0.717) is 23.3 Å². The molecule has 4 aromatic rings. The summed E-state index contributed by atoms with van der Waals surface area (Å²) in [4.78, 5) is 19.2. The molecule has 0 spiro atoms. The fourth-order valence-electron chi connectivity index (χ4n) is 4.71. The van der Waals surface area contributed by atoms with Crippen LogP contribution in [0.25, 0.3) is 16.7 Å². The number of sulfone groups is 1. The molecule has 248 valence electrons. The Morgan fingerprint density at radius 1 is 0.978 bits per heavy atom. The zero-order valence-corrected chi connectivity index (χ0v) is 25.1. The lowest BCUT2D eigenvalue weighted by Gasteiger charge is -2.30. The molecule has 0 saturated carbocycles. The van der Waals surface area contributed by atoms with E-state index in [2.05, 4.69) is 4.98 Å². The van der Waals surface area contributed by atoms with Crippen LogP contribution in [-0.4, -0.2) is 59.6 Å². The van der Waals surface area contributed by atoms with Gasteiger partial charge < -0.3 is 9.64 Å². The quantitative estimate of drug-likeness (QED) is 0.163. The smallest absolute Gasteiger partial charge is 0.422 e. The summed E-state index contributed by atoms with van der Waals surface area (Å²) in [6.45, 7) is 0.957. The number of rotatable bonds is 11. The second kappa shape index (κ2) is 13.3. The number of amides is 1. The predicted octanol–water partition coefficient (Wildman–Crippen LogP) is 6.83. The van der Waals surface area contributed by atoms with E-state index in [4.69, 9.17) is 4.74 Å². The van der Waals surface area contributed by atoms with E-state index in [9.17, 15) is 48.3 Å². The number of nitrogens with zero attached hydrogens (tertiary/aromatic N) is 3. The van der Waals surface area contributed by atoms with Crippen LogP contribution in [0.4, 0.5) is 35.1 Å². The van der Waals surface area contributed by atoms with Crippen molar-refractivity contribution in [2.75, 3.05) is 24.7 Å². The van der Waals surface area contributed by atoms with Gasteiger partial charge in [-0.15, -0.1) is 0 Å². The summed E-state index contributed by atoms with van der Waals surface area (Å²) >= 11 is 0. The molecule has 1 amide bonds. The number of carbonyl (C=O) groups is 1. The average molecular weight is 678 g/mol. The normalized spacial score (nSPS) is 13.2. The number of alkyl halides is 6. The van der Waals surface area contributed by atoms with Crippen LogP contribution in [0, 0.1) is 11.6 Å². The van der Waals surface area contributed by atoms with E-state index >= 15 is 0 Å². The summed E-state index contributed by atoms with van der Waals surface area (Å²) in [5.41, 5.74) is -0.982. The highest BCUT2D eigenvalue weighted by Gasteiger charge is 2.35. The highest BCUT2D eigenvalue weighted by atomic mass is 32.2. The van der Waals surface area contributed by atoms with Gasteiger partial charge in [-0.2, -0.15) is 26.3 Å². The van der Waals surface area contributed by atoms with Crippen molar-refractivity contribution in [2.45, 2.75) is 38.7 Å². The van der Waals surface area contributed by atoms with Crippen LogP contribution < -0.4 is 4.74 Å². The zero-order valence-electron chi connectivity index (χ0n) is 24.3. The van der Waals surface area contributed by atoms with Crippen LogP contribution in [0.1, 0.15) is 36.8 Å². The van der Waals surface area contributed by atoms with Crippen LogP contribution >= 0.6 is 0 Å². The first-order valence-electron chi connectivity index (χ1n) is 13.7. The van der Waals surface area contributed by atoms with Crippen LogP contribution in [-0.2, 0) is 27.2 Å². The highest BCUT2D eigenvalue weighted by molar-refractivity contribution is 7.91. The van der Waals surface area contributed by atoms with Crippen molar-refractivity contribution in [2.24, 2.45) is 0 Å². The summed E-state index contributed by atoms with van der Waals surface area (Å²) in [7, 11) is -3.64. The van der Waals surface area contributed by atoms with E-state index in [-0.39, 0.29) is 28.4 Å². The van der Waals surface area contributed by atoms with Crippen molar-refractivity contribution in [1.29, 1.82) is 0 Å². The summed E-state index contributed by atoms with van der Waals surface area (Å²) in [6.07, 6.45) is -10.3. The molecule has 0 bridgehead atoms. The van der Waals surface area contributed by atoms with Gasteiger partial charge in [-0.05, 0) is 61.0 Å². The molecule has 0 saturated heterocycles. The zero-order chi connectivity index (χ0) is 34.0. The van der Waals surface area contributed by atoms with Crippen molar-refractivity contribution in [1.82, 2.24) is 14.5 Å². The molecule has 1 aromatic heterocycles. The Kier molecular flexibility index (Phi) is 9.99. The Hall–Kier alpha value is -4.21. The van der Waals surface area contributed by atoms with E-state index < -0.39 is 76.7 Å². The third kappa shape index (κ3) is 8.33. The maximum atomic E-state index is 14.2. The van der Waals surface area contributed by atoms with Crippen molar-refractivity contribution in [3.63, 3.8) is 0 Å². The summed E-state index contributed by atoms with van der Waals surface area (Å²) in [5.74, 6) is -3.76. The van der Waals surface area contributed by atoms with Crippen molar-refractivity contribution >= 4 is 26.8 Å². The molecular weight excluding hydrogens is 650 g/mol. The maximum Gasteiger partial charge on any atom is 0.422 e.